The van der Waals surface area contributed by atoms with Crippen molar-refractivity contribution >= 4 is 17.5 Å². The van der Waals surface area contributed by atoms with Crippen LogP contribution in [0.1, 0.15) is 28.9 Å². The van der Waals surface area contributed by atoms with Gasteiger partial charge in [-0.05, 0) is 31.2 Å². The number of nitrogens with zero attached hydrogens (tertiary/aromatic N) is 1. The van der Waals surface area contributed by atoms with E-state index in [1.54, 1.807) is 6.92 Å². The topological polar surface area (TPSA) is 71.9 Å². The molecule has 0 spiro atoms. The fraction of sp³-hybridized carbons (Fsp3) is 0.143. The lowest BCUT2D eigenvalue weighted by atomic mass is 10.1. The molecule has 0 bridgehead atoms. The summed E-state index contributed by atoms with van der Waals surface area (Å²) in [5, 5.41) is 8.13. The summed E-state index contributed by atoms with van der Waals surface area (Å²) >= 11 is 5.89. The van der Waals surface area contributed by atoms with E-state index in [-0.39, 0.29) is 21.6 Å². The Kier molecular flexibility index (Phi) is 4.09. The quantitative estimate of drug-likeness (QED) is 0.898. The van der Waals surface area contributed by atoms with Gasteiger partial charge in [0.25, 0.3) is 5.91 Å². The lowest BCUT2D eigenvalue weighted by Gasteiger charge is -2.19. The molecule has 0 fully saturated rings. The van der Waals surface area contributed by atoms with Crippen molar-refractivity contribution < 1.29 is 13.6 Å². The van der Waals surface area contributed by atoms with Crippen LogP contribution in [0.4, 0.5) is 8.78 Å². The van der Waals surface area contributed by atoms with E-state index in [0.717, 1.165) is 18.2 Å². The maximum absolute atomic E-state index is 13.8. The number of nitrogens with two attached hydrogens (primary N) is 1. The molecule has 0 aliphatic rings. The molecular formula is C14H12ClF2N3O. The Labute approximate surface area is 124 Å². The van der Waals surface area contributed by atoms with Gasteiger partial charge in [-0.25, -0.2) is 8.78 Å². The third kappa shape index (κ3) is 2.95. The summed E-state index contributed by atoms with van der Waals surface area (Å²) in [6.45, 7) is 1.57. The molecule has 1 aromatic heterocycles. The minimum Gasteiger partial charge on any atom is -0.365 e. The number of carbonyl (C=O) groups excluding carboxylic acids is 1. The van der Waals surface area contributed by atoms with Crippen molar-refractivity contribution in [3.05, 3.63) is 63.7 Å². The zero-order chi connectivity index (χ0) is 15.7. The highest BCUT2D eigenvalue weighted by molar-refractivity contribution is 6.30. The van der Waals surface area contributed by atoms with Crippen molar-refractivity contribution in [2.24, 2.45) is 5.73 Å². The minimum atomic E-state index is -0.817. The van der Waals surface area contributed by atoms with E-state index in [1.807, 2.05) is 0 Å². The van der Waals surface area contributed by atoms with Crippen molar-refractivity contribution in [2.75, 3.05) is 0 Å². The number of aromatic nitrogens is 1. The summed E-state index contributed by atoms with van der Waals surface area (Å²) in [4.78, 5) is 11.3. The van der Waals surface area contributed by atoms with Crippen LogP contribution >= 0.6 is 11.6 Å². The zero-order valence-electron chi connectivity index (χ0n) is 11.0. The average Bonchev–Trinajstić information content (AvgIpc) is 2.42. The molecule has 1 atom stereocenters. The van der Waals surface area contributed by atoms with Crippen molar-refractivity contribution in [1.82, 2.24) is 4.57 Å². The predicted molar refractivity (Wildman–Crippen MR) is 74.0 cm³/mol. The van der Waals surface area contributed by atoms with Gasteiger partial charge >= 0.3 is 0 Å². The third-order valence-corrected chi connectivity index (χ3v) is 3.36. The molecule has 1 heterocycles. The average molecular weight is 312 g/mol. The summed E-state index contributed by atoms with van der Waals surface area (Å²) in [7, 11) is 0. The highest BCUT2D eigenvalue weighted by Gasteiger charge is 2.17. The molecule has 4 nitrogen and oxygen atoms in total. The first-order valence-electron chi connectivity index (χ1n) is 6.02. The Morgan fingerprint density at radius 2 is 2.05 bits per heavy atom. The molecule has 0 aliphatic heterocycles. The van der Waals surface area contributed by atoms with Gasteiger partial charge in [0.2, 0.25) is 0 Å². The van der Waals surface area contributed by atoms with Crippen LogP contribution in [0.25, 0.3) is 0 Å². The molecule has 0 saturated heterocycles. The molecule has 3 N–H and O–H groups in total. The van der Waals surface area contributed by atoms with Crippen LogP contribution in [0.2, 0.25) is 5.02 Å². The molecule has 7 heteroatoms. The number of primary amides is 1. The molecule has 0 radical (unpaired) electrons. The van der Waals surface area contributed by atoms with Crippen LogP contribution in [0.15, 0.2) is 30.5 Å². The van der Waals surface area contributed by atoms with Crippen molar-refractivity contribution in [3.8, 4) is 0 Å². The van der Waals surface area contributed by atoms with Gasteiger partial charge in [-0.2, -0.15) is 0 Å². The lowest BCUT2D eigenvalue weighted by molar-refractivity contribution is 0.0997. The van der Waals surface area contributed by atoms with Gasteiger partial charge in [0.15, 0.2) is 0 Å². The van der Waals surface area contributed by atoms with E-state index in [1.165, 1.54) is 16.8 Å². The van der Waals surface area contributed by atoms with Gasteiger partial charge in [0, 0.05) is 11.8 Å². The van der Waals surface area contributed by atoms with E-state index in [2.05, 4.69) is 0 Å². The second-order valence-electron chi connectivity index (χ2n) is 4.53. The second kappa shape index (κ2) is 5.65. The van der Waals surface area contributed by atoms with Crippen LogP contribution in [-0.4, -0.2) is 10.5 Å². The number of amides is 1. The Morgan fingerprint density at radius 1 is 1.38 bits per heavy atom. The highest BCUT2D eigenvalue weighted by atomic mass is 35.5. The molecule has 2 rings (SSSR count). The number of rotatable bonds is 3. The van der Waals surface area contributed by atoms with Crippen LogP contribution in [0, 0.1) is 17.0 Å². The summed E-state index contributed by atoms with van der Waals surface area (Å²) < 4.78 is 28.4. The fourth-order valence-electron chi connectivity index (χ4n) is 2.06. The van der Waals surface area contributed by atoms with Crippen molar-refractivity contribution in [2.45, 2.75) is 13.0 Å². The predicted octanol–water partition coefficient (Wildman–Crippen LogP) is 2.61. The molecule has 110 valence electrons. The van der Waals surface area contributed by atoms with Gasteiger partial charge in [0.1, 0.15) is 17.1 Å². The summed E-state index contributed by atoms with van der Waals surface area (Å²) in [6, 6.07) is 3.58. The zero-order valence-corrected chi connectivity index (χ0v) is 11.8. The first-order chi connectivity index (χ1) is 9.81. The van der Waals surface area contributed by atoms with Crippen molar-refractivity contribution in [1.29, 1.82) is 5.41 Å². The Bertz CT molecular complexity index is 773. The number of halogens is 3. The Hall–Kier alpha value is -2.21. The largest absolute Gasteiger partial charge is 0.365 e. The number of benzene rings is 1. The van der Waals surface area contributed by atoms with E-state index in [0.29, 0.717) is 0 Å². The molecule has 1 unspecified atom stereocenters. The Balaban J connectivity index is 2.63. The molecule has 21 heavy (non-hydrogen) atoms. The maximum atomic E-state index is 13.8. The normalized spacial score (nSPS) is 12.2. The lowest BCUT2D eigenvalue weighted by Crippen LogP contribution is -2.31. The first kappa shape index (κ1) is 15.2. The van der Waals surface area contributed by atoms with Gasteiger partial charge < -0.3 is 10.3 Å². The second-order valence-corrected chi connectivity index (χ2v) is 4.97. The molecule has 2 aromatic rings. The summed E-state index contributed by atoms with van der Waals surface area (Å²) in [5.41, 5.74) is 4.92. The van der Waals surface area contributed by atoms with Crippen molar-refractivity contribution in [3.63, 3.8) is 0 Å². The number of hydrogen-bond acceptors (Lipinski definition) is 2. The smallest absolute Gasteiger partial charge is 0.252 e. The van der Waals surface area contributed by atoms with Crippen LogP contribution in [-0.2, 0) is 0 Å². The molecule has 0 aliphatic carbocycles. The third-order valence-electron chi connectivity index (χ3n) is 3.15. The number of carbonyl (C=O) groups is 1. The SMILES string of the molecule is CC(c1cc(F)ccc1F)n1cc(Cl)cc(C(N)=O)c1=N. The van der Waals surface area contributed by atoms with Crippen LogP contribution in [0.5, 0.6) is 0 Å². The van der Waals surface area contributed by atoms with Gasteiger partial charge in [-0.1, -0.05) is 11.6 Å². The maximum Gasteiger partial charge on any atom is 0.252 e. The summed E-state index contributed by atoms with van der Waals surface area (Å²) in [5.74, 6) is -2.03. The van der Waals surface area contributed by atoms with E-state index in [4.69, 9.17) is 22.7 Å². The number of hydrogen-bond donors (Lipinski definition) is 2. The number of nitrogens with one attached hydrogen (secondary N) is 1. The molecular weight excluding hydrogens is 300 g/mol. The fourth-order valence-corrected chi connectivity index (χ4v) is 2.27. The first-order valence-corrected chi connectivity index (χ1v) is 6.40. The van der Waals surface area contributed by atoms with E-state index >= 15 is 0 Å². The summed E-state index contributed by atoms with van der Waals surface area (Å²) in [6.07, 6.45) is 1.37. The van der Waals surface area contributed by atoms with E-state index < -0.39 is 23.6 Å². The Morgan fingerprint density at radius 3 is 2.67 bits per heavy atom. The van der Waals surface area contributed by atoms with Gasteiger partial charge in [-0.15, -0.1) is 0 Å². The molecule has 1 amide bonds. The highest BCUT2D eigenvalue weighted by Crippen LogP contribution is 2.22. The molecule has 1 aromatic carbocycles. The van der Waals surface area contributed by atoms with E-state index in [9.17, 15) is 13.6 Å². The standard InChI is InChI=1S/C14H12ClF2N3O/c1-7(10-5-9(16)2-3-12(10)17)20-6-8(15)4-11(13(20)18)14(19)21/h2-7,18H,1H3,(H2,19,21). The number of pyridine rings is 1. The van der Waals surface area contributed by atoms with Gasteiger partial charge in [0.05, 0.1) is 16.6 Å². The van der Waals surface area contributed by atoms with Crippen LogP contribution in [0.3, 0.4) is 0 Å². The van der Waals surface area contributed by atoms with Crippen LogP contribution < -0.4 is 11.2 Å². The minimum absolute atomic E-state index is 0.0474. The monoisotopic (exact) mass is 311 g/mol. The molecule has 0 saturated carbocycles. The van der Waals surface area contributed by atoms with Gasteiger partial charge in [-0.3, -0.25) is 10.2 Å².